The van der Waals surface area contributed by atoms with Gasteiger partial charge in [0.15, 0.2) is 5.76 Å². The van der Waals surface area contributed by atoms with Crippen molar-refractivity contribution in [3.63, 3.8) is 0 Å². The van der Waals surface area contributed by atoms with Crippen LogP contribution in [0, 0.1) is 0 Å². The number of carbonyl (C=O) groups is 2. The van der Waals surface area contributed by atoms with Gasteiger partial charge in [0.2, 0.25) is 11.5 Å². The van der Waals surface area contributed by atoms with E-state index in [1.165, 1.54) is 24.0 Å². The Morgan fingerprint density at radius 2 is 1.93 bits per heavy atom. The highest BCUT2D eigenvalue weighted by atomic mass is 16.5. The second-order valence-corrected chi connectivity index (χ2v) is 6.06. The van der Waals surface area contributed by atoms with Crippen LogP contribution in [-0.4, -0.2) is 11.8 Å². The lowest BCUT2D eigenvalue weighted by atomic mass is 10.1. The molecule has 0 fully saturated rings. The number of ether oxygens (including phenoxy) is 2. The van der Waals surface area contributed by atoms with E-state index in [1.807, 2.05) is 24.3 Å². The lowest BCUT2D eigenvalue weighted by molar-refractivity contribution is 0.0701. The third-order valence-corrected chi connectivity index (χ3v) is 4.26. The number of carbonyl (C=O) groups excluding carboxylic acids is 2. The van der Waals surface area contributed by atoms with Crippen LogP contribution in [0.4, 0.5) is 0 Å². The zero-order valence-corrected chi connectivity index (χ0v) is 14.6. The summed E-state index contributed by atoms with van der Waals surface area (Å²) < 4.78 is 16.0. The molecule has 1 aliphatic heterocycles. The van der Waals surface area contributed by atoms with E-state index < -0.39 is 5.97 Å². The number of Topliss-reactive ketones (excluding diaryl/α,β-unsaturated/α-hetero) is 1. The number of allylic oxidation sites excluding steroid dienone is 1. The topological polar surface area (TPSA) is 65.7 Å². The van der Waals surface area contributed by atoms with E-state index >= 15 is 0 Å². The van der Waals surface area contributed by atoms with Gasteiger partial charge in [0, 0.05) is 6.07 Å². The van der Waals surface area contributed by atoms with Gasteiger partial charge in [-0.15, -0.1) is 0 Å². The molecule has 0 aliphatic carbocycles. The van der Waals surface area contributed by atoms with Gasteiger partial charge in [0.05, 0.1) is 11.8 Å². The molecule has 27 heavy (non-hydrogen) atoms. The summed E-state index contributed by atoms with van der Waals surface area (Å²) in [7, 11) is 0. The molecule has 5 nitrogen and oxygen atoms in total. The molecule has 0 unspecified atom stereocenters. The van der Waals surface area contributed by atoms with E-state index in [9.17, 15) is 9.59 Å². The van der Waals surface area contributed by atoms with Gasteiger partial charge in [-0.3, -0.25) is 4.79 Å². The number of hydrogen-bond donors (Lipinski definition) is 0. The van der Waals surface area contributed by atoms with E-state index in [1.54, 1.807) is 24.3 Å². The molecule has 0 bridgehead atoms. The predicted octanol–water partition coefficient (Wildman–Crippen LogP) is 4.68. The van der Waals surface area contributed by atoms with Crippen molar-refractivity contribution in [2.45, 2.75) is 13.3 Å². The Hall–Kier alpha value is -3.60. The number of fused-ring (bicyclic) bond motifs is 1. The highest BCUT2D eigenvalue weighted by Gasteiger charge is 2.28. The fourth-order valence-electron chi connectivity index (χ4n) is 2.78. The quantitative estimate of drug-likeness (QED) is 0.384. The van der Waals surface area contributed by atoms with Crippen molar-refractivity contribution >= 4 is 17.8 Å². The Labute approximate surface area is 155 Å². The van der Waals surface area contributed by atoms with Crippen LogP contribution in [0.2, 0.25) is 0 Å². The predicted molar refractivity (Wildman–Crippen MR) is 98.9 cm³/mol. The molecule has 1 aliphatic rings. The first kappa shape index (κ1) is 16.8. The second-order valence-electron chi connectivity index (χ2n) is 6.06. The second kappa shape index (κ2) is 6.96. The maximum atomic E-state index is 12.5. The molecule has 0 spiro atoms. The average molecular weight is 360 g/mol. The molecular weight excluding hydrogens is 344 g/mol. The first-order valence-corrected chi connectivity index (χ1v) is 8.57. The highest BCUT2D eigenvalue weighted by Crippen LogP contribution is 2.35. The van der Waals surface area contributed by atoms with Crippen molar-refractivity contribution in [2.75, 3.05) is 0 Å². The van der Waals surface area contributed by atoms with E-state index in [4.69, 9.17) is 13.9 Å². The summed E-state index contributed by atoms with van der Waals surface area (Å²) in [6, 6.07) is 15.7. The minimum Gasteiger partial charge on any atom is -0.457 e. The number of furan rings is 1. The molecular formula is C22H16O5. The van der Waals surface area contributed by atoms with Crippen molar-refractivity contribution in [3.8, 4) is 11.5 Å². The SMILES string of the molecule is CCc1ccc(/C=C2\Oc3cc(OC(=O)c4ccco4)ccc3C2=O)cc1. The molecule has 0 amide bonds. The summed E-state index contributed by atoms with van der Waals surface area (Å²) in [5.41, 5.74) is 2.54. The van der Waals surface area contributed by atoms with Gasteiger partial charge >= 0.3 is 5.97 Å². The highest BCUT2D eigenvalue weighted by molar-refractivity contribution is 6.14. The lowest BCUT2D eigenvalue weighted by Gasteiger charge is -2.04. The zero-order valence-electron chi connectivity index (χ0n) is 14.6. The van der Waals surface area contributed by atoms with Crippen molar-refractivity contribution in [3.05, 3.63) is 89.1 Å². The average Bonchev–Trinajstić information content (AvgIpc) is 3.32. The minimum absolute atomic E-state index is 0.101. The van der Waals surface area contributed by atoms with Crippen LogP contribution < -0.4 is 9.47 Å². The van der Waals surface area contributed by atoms with E-state index in [0.29, 0.717) is 11.3 Å². The summed E-state index contributed by atoms with van der Waals surface area (Å²) in [5.74, 6) is 0.162. The smallest absolute Gasteiger partial charge is 0.379 e. The number of ketones is 1. The van der Waals surface area contributed by atoms with Crippen molar-refractivity contribution in [1.82, 2.24) is 0 Å². The first-order chi connectivity index (χ1) is 13.1. The van der Waals surface area contributed by atoms with Crippen LogP contribution in [-0.2, 0) is 6.42 Å². The molecule has 134 valence electrons. The zero-order chi connectivity index (χ0) is 18.8. The van der Waals surface area contributed by atoms with Gasteiger partial charge in [-0.25, -0.2) is 4.79 Å². The van der Waals surface area contributed by atoms with Gasteiger partial charge in [0.25, 0.3) is 0 Å². The third-order valence-electron chi connectivity index (χ3n) is 4.26. The molecule has 2 heterocycles. The maximum Gasteiger partial charge on any atom is 0.379 e. The molecule has 1 aromatic heterocycles. The molecule has 0 radical (unpaired) electrons. The lowest BCUT2D eigenvalue weighted by Crippen LogP contribution is -2.07. The fourth-order valence-corrected chi connectivity index (χ4v) is 2.78. The van der Waals surface area contributed by atoms with Crippen LogP contribution in [0.3, 0.4) is 0 Å². The molecule has 0 atom stereocenters. The largest absolute Gasteiger partial charge is 0.457 e. The number of rotatable bonds is 4. The standard InChI is InChI=1S/C22H16O5/c1-2-14-5-7-15(8-6-14)12-20-21(23)17-10-9-16(13-19(17)27-20)26-22(24)18-4-3-11-25-18/h3-13H,2H2,1H3/b20-12-. The van der Waals surface area contributed by atoms with Crippen LogP contribution in [0.25, 0.3) is 6.08 Å². The molecule has 0 N–H and O–H groups in total. The van der Waals surface area contributed by atoms with Gasteiger partial charge < -0.3 is 13.9 Å². The Morgan fingerprint density at radius 3 is 2.63 bits per heavy atom. The van der Waals surface area contributed by atoms with Gasteiger partial charge in [0.1, 0.15) is 11.5 Å². The molecule has 0 saturated carbocycles. The normalized spacial score (nSPS) is 14.1. The first-order valence-electron chi connectivity index (χ1n) is 8.57. The van der Waals surface area contributed by atoms with E-state index in [2.05, 4.69) is 6.92 Å². The Morgan fingerprint density at radius 1 is 1.11 bits per heavy atom. The van der Waals surface area contributed by atoms with E-state index in [-0.39, 0.29) is 23.1 Å². The van der Waals surface area contributed by atoms with Gasteiger partial charge in [-0.1, -0.05) is 31.2 Å². The van der Waals surface area contributed by atoms with Crippen molar-refractivity contribution < 1.29 is 23.5 Å². The van der Waals surface area contributed by atoms with E-state index in [0.717, 1.165) is 12.0 Å². The number of hydrogen-bond acceptors (Lipinski definition) is 5. The Balaban J connectivity index is 1.54. The third kappa shape index (κ3) is 3.40. The van der Waals surface area contributed by atoms with Crippen LogP contribution >= 0.6 is 0 Å². The fraction of sp³-hybridized carbons (Fsp3) is 0.0909. The van der Waals surface area contributed by atoms with Crippen LogP contribution in [0.5, 0.6) is 11.5 Å². The molecule has 0 saturated heterocycles. The van der Waals surface area contributed by atoms with Gasteiger partial charge in [-0.05, 0) is 47.9 Å². The number of esters is 1. The Kier molecular flexibility index (Phi) is 4.34. The minimum atomic E-state index is -0.615. The van der Waals surface area contributed by atoms with Gasteiger partial charge in [-0.2, -0.15) is 0 Å². The molecule has 4 rings (SSSR count). The summed E-state index contributed by atoms with van der Waals surface area (Å²) >= 11 is 0. The molecule has 5 heteroatoms. The van der Waals surface area contributed by atoms with Crippen LogP contribution in [0.1, 0.15) is 39.0 Å². The summed E-state index contributed by atoms with van der Waals surface area (Å²) in [6.45, 7) is 2.09. The maximum absolute atomic E-state index is 12.5. The molecule has 3 aromatic rings. The molecule has 2 aromatic carbocycles. The van der Waals surface area contributed by atoms with Crippen LogP contribution in [0.15, 0.2) is 71.0 Å². The number of benzene rings is 2. The van der Waals surface area contributed by atoms with Crippen molar-refractivity contribution in [2.24, 2.45) is 0 Å². The summed E-state index contributed by atoms with van der Waals surface area (Å²) in [5, 5.41) is 0. The summed E-state index contributed by atoms with van der Waals surface area (Å²) in [4.78, 5) is 24.5. The monoisotopic (exact) mass is 360 g/mol. The van der Waals surface area contributed by atoms with Crippen molar-refractivity contribution in [1.29, 1.82) is 0 Å². The Bertz CT molecular complexity index is 1030. The summed E-state index contributed by atoms with van der Waals surface area (Å²) in [6.07, 6.45) is 4.05. The number of aryl methyl sites for hydroxylation is 1.